The monoisotopic (exact) mass is 511 g/mol. The van der Waals surface area contributed by atoms with E-state index in [9.17, 15) is 9.59 Å². The van der Waals surface area contributed by atoms with Gasteiger partial charge in [-0.3, -0.25) is 14.6 Å². The fourth-order valence-corrected chi connectivity index (χ4v) is 5.34. The number of hydrogen-bond donors (Lipinski definition) is 2. The minimum atomic E-state index is -0.687. The first-order chi connectivity index (χ1) is 16.9. The van der Waals surface area contributed by atoms with E-state index in [0.717, 1.165) is 17.5 Å². The van der Waals surface area contributed by atoms with Crippen LogP contribution in [0.15, 0.2) is 48.8 Å². The van der Waals surface area contributed by atoms with Crippen molar-refractivity contribution in [3.63, 3.8) is 0 Å². The molecular formula is C26H23Cl2N3O4. The zero-order valence-corrected chi connectivity index (χ0v) is 20.6. The van der Waals surface area contributed by atoms with Crippen LogP contribution in [0.25, 0.3) is 0 Å². The summed E-state index contributed by atoms with van der Waals surface area (Å²) < 4.78 is 11.6. The molecule has 0 saturated heterocycles. The van der Waals surface area contributed by atoms with Crippen molar-refractivity contribution in [1.82, 2.24) is 10.3 Å². The molecule has 2 aliphatic heterocycles. The van der Waals surface area contributed by atoms with Crippen molar-refractivity contribution in [3.8, 4) is 11.5 Å². The molecule has 0 fully saturated rings. The largest absolute Gasteiger partial charge is 0.493 e. The van der Waals surface area contributed by atoms with Gasteiger partial charge in [0, 0.05) is 30.1 Å². The second-order valence-corrected chi connectivity index (χ2v) is 9.34. The smallest absolute Gasteiger partial charge is 0.256 e. The molecule has 5 rings (SSSR count). The Hall–Kier alpha value is -3.13. The standard InChI is InChI=1S/C26H23Cl2N3O4/c1-13-20(24(32)22-15-6-4-3-5-14(15)9-10-30-22)21-16(7-8-19(34-2)25(21)35-13)26(33)31-23-17(27)11-29-12-18(23)28/h3-8,11-13,20,22,30H,9-10H2,1-2H3,(H,29,31,33). The van der Waals surface area contributed by atoms with E-state index < -0.39 is 24.0 Å². The van der Waals surface area contributed by atoms with Gasteiger partial charge in [-0.1, -0.05) is 47.5 Å². The molecule has 35 heavy (non-hydrogen) atoms. The highest BCUT2D eigenvalue weighted by molar-refractivity contribution is 6.39. The molecule has 3 unspecified atom stereocenters. The number of methoxy groups -OCH3 is 1. The molecule has 7 nitrogen and oxygen atoms in total. The molecule has 0 radical (unpaired) electrons. The second-order valence-electron chi connectivity index (χ2n) is 8.53. The number of nitrogens with one attached hydrogen (secondary N) is 2. The molecule has 0 spiro atoms. The Labute approximate surface area is 212 Å². The van der Waals surface area contributed by atoms with Crippen LogP contribution in [-0.4, -0.2) is 36.4 Å². The average Bonchev–Trinajstić information content (AvgIpc) is 3.21. The Balaban J connectivity index is 1.57. The van der Waals surface area contributed by atoms with Crippen LogP contribution in [0.5, 0.6) is 11.5 Å². The first kappa shape index (κ1) is 23.6. The number of fused-ring (bicyclic) bond motifs is 2. The highest BCUT2D eigenvalue weighted by Crippen LogP contribution is 2.48. The zero-order chi connectivity index (χ0) is 24.7. The van der Waals surface area contributed by atoms with E-state index in [1.165, 1.54) is 19.5 Å². The van der Waals surface area contributed by atoms with E-state index in [-0.39, 0.29) is 27.1 Å². The number of ether oxygens (including phenoxy) is 2. The molecule has 2 aliphatic rings. The van der Waals surface area contributed by atoms with E-state index in [2.05, 4.69) is 15.6 Å². The van der Waals surface area contributed by atoms with Gasteiger partial charge in [0.2, 0.25) is 0 Å². The number of benzene rings is 2. The number of carbonyl (C=O) groups is 2. The van der Waals surface area contributed by atoms with Crippen LogP contribution in [0.4, 0.5) is 5.69 Å². The van der Waals surface area contributed by atoms with Crippen LogP contribution in [0, 0.1) is 0 Å². The van der Waals surface area contributed by atoms with Crippen LogP contribution < -0.4 is 20.1 Å². The van der Waals surface area contributed by atoms with Crippen molar-refractivity contribution >= 4 is 40.6 Å². The van der Waals surface area contributed by atoms with Gasteiger partial charge in [-0.05, 0) is 36.6 Å². The van der Waals surface area contributed by atoms with Crippen LogP contribution in [0.1, 0.15) is 45.9 Å². The number of nitrogens with zero attached hydrogens (tertiary/aromatic N) is 1. The number of pyridine rings is 1. The van der Waals surface area contributed by atoms with Gasteiger partial charge < -0.3 is 20.1 Å². The Morgan fingerprint density at radius 1 is 1.14 bits per heavy atom. The summed E-state index contributed by atoms with van der Waals surface area (Å²) >= 11 is 12.4. The minimum absolute atomic E-state index is 0.0642. The van der Waals surface area contributed by atoms with Crippen molar-refractivity contribution in [2.45, 2.75) is 31.4 Å². The predicted octanol–water partition coefficient (Wildman–Crippen LogP) is 4.97. The Bertz CT molecular complexity index is 1310. The summed E-state index contributed by atoms with van der Waals surface area (Å²) in [5, 5.41) is 6.53. The summed E-state index contributed by atoms with van der Waals surface area (Å²) in [6.45, 7) is 2.52. The summed E-state index contributed by atoms with van der Waals surface area (Å²) in [6.07, 6.45) is 3.14. The Morgan fingerprint density at radius 3 is 2.63 bits per heavy atom. The first-order valence-electron chi connectivity index (χ1n) is 11.2. The van der Waals surface area contributed by atoms with Gasteiger partial charge in [-0.2, -0.15) is 0 Å². The summed E-state index contributed by atoms with van der Waals surface area (Å²) in [4.78, 5) is 31.4. The normalized spacial score (nSPS) is 20.4. The predicted molar refractivity (Wildman–Crippen MR) is 134 cm³/mol. The van der Waals surface area contributed by atoms with Crippen molar-refractivity contribution in [2.24, 2.45) is 0 Å². The third kappa shape index (κ3) is 4.14. The lowest BCUT2D eigenvalue weighted by molar-refractivity contribution is -0.124. The van der Waals surface area contributed by atoms with Crippen molar-refractivity contribution in [2.75, 3.05) is 19.0 Å². The number of ketones is 1. The molecule has 2 N–H and O–H groups in total. The molecule has 3 atom stereocenters. The lowest BCUT2D eigenvalue weighted by Gasteiger charge is -2.29. The molecule has 0 saturated carbocycles. The van der Waals surface area contributed by atoms with Crippen LogP contribution in [-0.2, 0) is 11.2 Å². The number of hydrogen-bond acceptors (Lipinski definition) is 6. The van der Waals surface area contributed by atoms with E-state index in [4.69, 9.17) is 32.7 Å². The molecule has 180 valence electrons. The summed E-state index contributed by atoms with van der Waals surface area (Å²) in [7, 11) is 1.52. The van der Waals surface area contributed by atoms with Crippen molar-refractivity contribution in [1.29, 1.82) is 0 Å². The van der Waals surface area contributed by atoms with Gasteiger partial charge in [-0.25, -0.2) is 0 Å². The Kier molecular flexibility index (Phi) is 6.40. The lowest BCUT2D eigenvalue weighted by Crippen LogP contribution is -2.39. The maximum absolute atomic E-state index is 14.0. The maximum Gasteiger partial charge on any atom is 0.256 e. The number of anilines is 1. The molecule has 9 heteroatoms. The number of halogens is 2. The van der Waals surface area contributed by atoms with Gasteiger partial charge in [0.1, 0.15) is 6.10 Å². The van der Waals surface area contributed by atoms with Gasteiger partial charge >= 0.3 is 0 Å². The molecule has 1 aromatic heterocycles. The zero-order valence-electron chi connectivity index (χ0n) is 19.1. The number of rotatable bonds is 5. The molecule has 3 heterocycles. The minimum Gasteiger partial charge on any atom is -0.493 e. The SMILES string of the molecule is COc1ccc(C(=O)Nc2c(Cl)cncc2Cl)c2c1OC(C)C2C(=O)C1NCCc2ccccc21. The van der Waals surface area contributed by atoms with E-state index >= 15 is 0 Å². The maximum atomic E-state index is 14.0. The van der Waals surface area contributed by atoms with E-state index in [1.54, 1.807) is 12.1 Å². The molecule has 1 amide bonds. The van der Waals surface area contributed by atoms with Crippen LogP contribution in [0.2, 0.25) is 10.0 Å². The topological polar surface area (TPSA) is 89.6 Å². The van der Waals surface area contributed by atoms with Gasteiger partial charge in [-0.15, -0.1) is 0 Å². The quantitative estimate of drug-likeness (QED) is 0.502. The third-order valence-corrected chi connectivity index (χ3v) is 7.07. The third-order valence-electron chi connectivity index (χ3n) is 6.50. The average molecular weight is 512 g/mol. The highest BCUT2D eigenvalue weighted by Gasteiger charge is 2.45. The van der Waals surface area contributed by atoms with Gasteiger partial charge in [0.25, 0.3) is 5.91 Å². The molecule has 0 aliphatic carbocycles. The first-order valence-corrected chi connectivity index (χ1v) is 12.0. The number of amides is 1. The second kappa shape index (κ2) is 9.49. The van der Waals surface area contributed by atoms with Gasteiger partial charge in [0.15, 0.2) is 17.3 Å². The molecule has 3 aromatic rings. The van der Waals surface area contributed by atoms with E-state index in [1.807, 2.05) is 31.2 Å². The fraction of sp³-hybridized carbons (Fsp3) is 0.269. The molecular weight excluding hydrogens is 489 g/mol. The van der Waals surface area contributed by atoms with E-state index in [0.29, 0.717) is 23.6 Å². The summed E-state index contributed by atoms with van der Waals surface area (Å²) in [5.74, 6) is -0.373. The van der Waals surface area contributed by atoms with Crippen LogP contribution >= 0.6 is 23.2 Å². The number of carbonyl (C=O) groups excluding carboxylic acids is 2. The number of Topliss-reactive ketones (excluding diaryl/α,β-unsaturated/α-hetero) is 1. The lowest BCUT2D eigenvalue weighted by atomic mass is 9.81. The Morgan fingerprint density at radius 2 is 1.89 bits per heavy atom. The molecule has 0 bridgehead atoms. The fourth-order valence-electron chi connectivity index (χ4n) is 4.88. The summed E-state index contributed by atoms with van der Waals surface area (Å²) in [5.41, 5.74) is 3.12. The van der Waals surface area contributed by atoms with Crippen molar-refractivity contribution in [3.05, 3.63) is 81.1 Å². The molecule has 2 aromatic carbocycles. The van der Waals surface area contributed by atoms with Gasteiger partial charge in [0.05, 0.1) is 34.8 Å². The van der Waals surface area contributed by atoms with Crippen LogP contribution in [0.3, 0.4) is 0 Å². The highest BCUT2D eigenvalue weighted by atomic mass is 35.5. The van der Waals surface area contributed by atoms with Crippen molar-refractivity contribution < 1.29 is 19.1 Å². The number of aromatic nitrogens is 1. The summed E-state index contributed by atoms with van der Waals surface area (Å²) in [6, 6.07) is 10.7.